The molecule has 3 heteroatoms. The van der Waals surface area contributed by atoms with Gasteiger partial charge in [-0.05, 0) is 18.8 Å². The minimum atomic E-state index is -0.714. The van der Waals surface area contributed by atoms with Gasteiger partial charge in [0.05, 0.1) is 12.0 Å². The molecule has 2 atom stereocenters. The number of carboxylic acids is 1. The predicted molar refractivity (Wildman–Crippen MR) is 44.9 cm³/mol. The van der Waals surface area contributed by atoms with Crippen molar-refractivity contribution in [1.29, 1.82) is 0 Å². The average molecular weight is 172 g/mol. The molecule has 0 saturated carbocycles. The van der Waals surface area contributed by atoms with Crippen molar-refractivity contribution in [2.75, 3.05) is 6.61 Å². The molecule has 1 rings (SSSR count). The molecule has 0 aromatic rings. The third-order valence-corrected chi connectivity index (χ3v) is 2.34. The van der Waals surface area contributed by atoms with E-state index in [1.807, 2.05) is 13.8 Å². The largest absolute Gasteiger partial charge is 0.481 e. The maximum Gasteiger partial charge on any atom is 0.309 e. The van der Waals surface area contributed by atoms with Gasteiger partial charge in [-0.1, -0.05) is 13.8 Å². The highest BCUT2D eigenvalue weighted by atomic mass is 16.5. The molecule has 0 bridgehead atoms. The van der Waals surface area contributed by atoms with E-state index in [4.69, 9.17) is 9.84 Å². The smallest absolute Gasteiger partial charge is 0.309 e. The number of rotatable bonds is 2. The van der Waals surface area contributed by atoms with Crippen molar-refractivity contribution in [1.82, 2.24) is 0 Å². The Balaban J connectivity index is 2.60. The van der Waals surface area contributed by atoms with Gasteiger partial charge in [0, 0.05) is 6.61 Å². The van der Waals surface area contributed by atoms with Gasteiger partial charge in [-0.2, -0.15) is 0 Å². The molecule has 0 unspecified atom stereocenters. The van der Waals surface area contributed by atoms with Crippen molar-refractivity contribution >= 4 is 5.97 Å². The zero-order valence-corrected chi connectivity index (χ0v) is 7.62. The van der Waals surface area contributed by atoms with Crippen LogP contribution in [0.1, 0.15) is 26.7 Å². The van der Waals surface area contributed by atoms with Crippen LogP contribution in [0, 0.1) is 11.8 Å². The summed E-state index contributed by atoms with van der Waals surface area (Å²) in [5, 5.41) is 8.88. The molecule has 70 valence electrons. The van der Waals surface area contributed by atoms with Gasteiger partial charge in [0.2, 0.25) is 0 Å². The second kappa shape index (κ2) is 3.90. The van der Waals surface area contributed by atoms with Crippen LogP contribution < -0.4 is 0 Å². The molecule has 0 radical (unpaired) electrons. The Morgan fingerprint density at radius 3 is 2.67 bits per heavy atom. The molecule has 1 aliphatic rings. The van der Waals surface area contributed by atoms with E-state index in [1.165, 1.54) is 0 Å². The lowest BCUT2D eigenvalue weighted by molar-refractivity contribution is -0.154. The van der Waals surface area contributed by atoms with Crippen LogP contribution in [0.3, 0.4) is 0 Å². The molecule has 0 amide bonds. The van der Waals surface area contributed by atoms with Crippen molar-refractivity contribution in [3.05, 3.63) is 0 Å². The van der Waals surface area contributed by atoms with E-state index in [1.54, 1.807) is 0 Å². The molecule has 1 heterocycles. The Labute approximate surface area is 72.7 Å². The summed E-state index contributed by atoms with van der Waals surface area (Å²) in [6, 6.07) is 0. The minimum absolute atomic E-state index is 0.0868. The summed E-state index contributed by atoms with van der Waals surface area (Å²) in [5.41, 5.74) is 0. The predicted octanol–water partition coefficient (Wildman–Crippen LogP) is 1.52. The highest BCUT2D eigenvalue weighted by molar-refractivity contribution is 5.70. The fourth-order valence-corrected chi connectivity index (χ4v) is 1.72. The Morgan fingerprint density at radius 1 is 1.58 bits per heavy atom. The normalized spacial score (nSPS) is 30.6. The summed E-state index contributed by atoms with van der Waals surface area (Å²) in [6.07, 6.45) is 1.55. The van der Waals surface area contributed by atoms with Crippen LogP contribution in [0.2, 0.25) is 0 Å². The second-order valence-electron chi connectivity index (χ2n) is 3.67. The van der Waals surface area contributed by atoms with E-state index in [2.05, 4.69) is 0 Å². The van der Waals surface area contributed by atoms with E-state index in [0.29, 0.717) is 12.5 Å². The quantitative estimate of drug-likeness (QED) is 0.687. The average Bonchev–Trinajstić information content (AvgIpc) is 2.04. The van der Waals surface area contributed by atoms with Gasteiger partial charge in [-0.15, -0.1) is 0 Å². The van der Waals surface area contributed by atoms with E-state index in [0.717, 1.165) is 12.8 Å². The third-order valence-electron chi connectivity index (χ3n) is 2.34. The zero-order valence-electron chi connectivity index (χ0n) is 7.62. The van der Waals surface area contributed by atoms with Gasteiger partial charge >= 0.3 is 5.97 Å². The van der Waals surface area contributed by atoms with Gasteiger partial charge < -0.3 is 9.84 Å². The summed E-state index contributed by atoms with van der Waals surface area (Å²) < 4.78 is 5.43. The maximum absolute atomic E-state index is 10.8. The van der Waals surface area contributed by atoms with Crippen molar-refractivity contribution in [3.63, 3.8) is 0 Å². The van der Waals surface area contributed by atoms with Crippen LogP contribution in [0.5, 0.6) is 0 Å². The summed E-state index contributed by atoms with van der Waals surface area (Å²) in [5.74, 6) is -0.710. The van der Waals surface area contributed by atoms with Crippen LogP contribution >= 0.6 is 0 Å². The van der Waals surface area contributed by atoms with Crippen molar-refractivity contribution in [2.45, 2.75) is 32.8 Å². The fourth-order valence-electron chi connectivity index (χ4n) is 1.72. The number of hydrogen-bond acceptors (Lipinski definition) is 2. The first-order chi connectivity index (χ1) is 5.63. The molecule has 1 fully saturated rings. The third kappa shape index (κ3) is 1.97. The van der Waals surface area contributed by atoms with Crippen LogP contribution in [0.15, 0.2) is 0 Å². The Kier molecular flexibility index (Phi) is 3.09. The first kappa shape index (κ1) is 9.52. The summed E-state index contributed by atoms with van der Waals surface area (Å²) in [6.45, 7) is 4.73. The Hall–Kier alpha value is -0.570. The number of ether oxygens (including phenoxy) is 1. The first-order valence-corrected chi connectivity index (χ1v) is 4.47. The van der Waals surface area contributed by atoms with Crippen LogP contribution in [0.25, 0.3) is 0 Å². The first-order valence-electron chi connectivity index (χ1n) is 4.47. The summed E-state index contributed by atoms with van der Waals surface area (Å²) in [4.78, 5) is 10.8. The molecule has 12 heavy (non-hydrogen) atoms. The topological polar surface area (TPSA) is 46.5 Å². The molecule has 0 aromatic heterocycles. The van der Waals surface area contributed by atoms with Gasteiger partial charge in [0.15, 0.2) is 0 Å². The van der Waals surface area contributed by atoms with Gasteiger partial charge in [-0.3, -0.25) is 4.79 Å². The van der Waals surface area contributed by atoms with E-state index >= 15 is 0 Å². The van der Waals surface area contributed by atoms with Crippen molar-refractivity contribution in [2.24, 2.45) is 11.8 Å². The zero-order chi connectivity index (χ0) is 9.14. The van der Waals surface area contributed by atoms with Crippen LogP contribution in [0.4, 0.5) is 0 Å². The summed E-state index contributed by atoms with van der Waals surface area (Å²) in [7, 11) is 0. The number of aliphatic carboxylic acids is 1. The highest BCUT2D eigenvalue weighted by Crippen LogP contribution is 2.26. The fraction of sp³-hybridized carbons (Fsp3) is 0.889. The minimum Gasteiger partial charge on any atom is -0.481 e. The van der Waals surface area contributed by atoms with E-state index < -0.39 is 5.97 Å². The lowest BCUT2D eigenvalue weighted by atomic mass is 9.88. The van der Waals surface area contributed by atoms with E-state index in [-0.39, 0.29) is 12.0 Å². The Morgan fingerprint density at radius 2 is 2.25 bits per heavy atom. The SMILES string of the molecule is CC(C)[C@H]1OCCC[C@@H]1C(=O)O. The molecule has 0 aliphatic carbocycles. The number of carbonyl (C=O) groups is 1. The molecular weight excluding hydrogens is 156 g/mol. The lowest BCUT2D eigenvalue weighted by Crippen LogP contribution is -2.38. The summed E-state index contributed by atoms with van der Waals surface area (Å²) >= 11 is 0. The standard InChI is InChI=1S/C9H16O3/c1-6(2)8-7(9(10)11)4-3-5-12-8/h6-8H,3-5H2,1-2H3,(H,10,11)/t7-,8+/m0/s1. The van der Waals surface area contributed by atoms with E-state index in [9.17, 15) is 4.79 Å². The van der Waals surface area contributed by atoms with Crippen molar-refractivity contribution < 1.29 is 14.6 Å². The molecule has 1 saturated heterocycles. The second-order valence-corrected chi connectivity index (χ2v) is 3.67. The van der Waals surface area contributed by atoms with Gasteiger partial charge in [-0.25, -0.2) is 0 Å². The van der Waals surface area contributed by atoms with Gasteiger partial charge in [0.25, 0.3) is 0 Å². The highest BCUT2D eigenvalue weighted by Gasteiger charge is 2.33. The van der Waals surface area contributed by atoms with Gasteiger partial charge in [0.1, 0.15) is 0 Å². The van der Waals surface area contributed by atoms with Crippen LogP contribution in [-0.2, 0) is 9.53 Å². The molecule has 0 spiro atoms. The Bertz CT molecular complexity index is 165. The van der Waals surface area contributed by atoms with Crippen molar-refractivity contribution in [3.8, 4) is 0 Å². The molecular formula is C9H16O3. The molecule has 1 N–H and O–H groups in total. The molecule has 3 nitrogen and oxygen atoms in total. The molecule has 0 aromatic carbocycles. The monoisotopic (exact) mass is 172 g/mol. The van der Waals surface area contributed by atoms with Crippen LogP contribution in [-0.4, -0.2) is 23.8 Å². The maximum atomic E-state index is 10.8. The lowest BCUT2D eigenvalue weighted by Gasteiger charge is -2.31. The molecule has 1 aliphatic heterocycles. The number of carboxylic acid groups (broad SMARTS) is 1. The number of hydrogen-bond donors (Lipinski definition) is 1.